The minimum Gasteiger partial charge on any atom is -0.368 e. The lowest BCUT2D eigenvalue weighted by molar-refractivity contribution is 1.000. The second-order valence-electron chi connectivity index (χ2n) is 2.67. The minimum absolute atomic E-state index is 0.233. The molecular formula is C8H7ClN4S. The highest BCUT2D eigenvalue weighted by atomic mass is 35.5. The maximum atomic E-state index is 5.81. The fraction of sp³-hybridized carbons (Fsp3) is 0.125. The standard InChI is InChI=1S/C8H7ClN4S/c1-4-11-7(13-8(10)12-4)5-2-3-6(9)14-5/h2-3H,1H3,(H2,10,11,12,13). The number of thiophene rings is 1. The number of anilines is 1. The molecule has 2 aromatic heterocycles. The van der Waals surface area contributed by atoms with E-state index in [1.165, 1.54) is 11.3 Å². The van der Waals surface area contributed by atoms with Crippen LogP contribution in [0.5, 0.6) is 0 Å². The first kappa shape index (κ1) is 9.36. The number of aryl methyl sites for hydroxylation is 1. The van der Waals surface area contributed by atoms with Crippen LogP contribution in [0.25, 0.3) is 10.7 Å². The van der Waals surface area contributed by atoms with Crippen molar-refractivity contribution < 1.29 is 0 Å². The summed E-state index contributed by atoms with van der Waals surface area (Å²) in [5, 5.41) is 0. The summed E-state index contributed by atoms with van der Waals surface area (Å²) in [6, 6.07) is 3.66. The largest absolute Gasteiger partial charge is 0.368 e. The molecule has 0 unspecified atom stereocenters. The van der Waals surface area contributed by atoms with E-state index in [2.05, 4.69) is 15.0 Å². The van der Waals surface area contributed by atoms with Crippen molar-refractivity contribution in [3.05, 3.63) is 22.3 Å². The molecule has 0 atom stereocenters. The summed E-state index contributed by atoms with van der Waals surface area (Å²) in [4.78, 5) is 13.0. The number of nitrogens with two attached hydrogens (primary N) is 1. The molecule has 0 aliphatic heterocycles. The summed E-state index contributed by atoms with van der Waals surface area (Å²) in [6.07, 6.45) is 0. The molecular weight excluding hydrogens is 220 g/mol. The lowest BCUT2D eigenvalue weighted by atomic mass is 10.4. The fourth-order valence-electron chi connectivity index (χ4n) is 1.05. The molecule has 0 amide bonds. The zero-order valence-electron chi connectivity index (χ0n) is 7.36. The zero-order chi connectivity index (χ0) is 10.1. The normalized spacial score (nSPS) is 10.4. The summed E-state index contributed by atoms with van der Waals surface area (Å²) >= 11 is 7.22. The van der Waals surface area contributed by atoms with Gasteiger partial charge >= 0.3 is 0 Å². The highest BCUT2D eigenvalue weighted by molar-refractivity contribution is 7.19. The first-order valence-electron chi connectivity index (χ1n) is 3.89. The molecule has 0 fully saturated rings. The van der Waals surface area contributed by atoms with E-state index in [9.17, 15) is 0 Å². The second kappa shape index (κ2) is 3.51. The van der Waals surface area contributed by atoms with E-state index in [4.69, 9.17) is 17.3 Å². The molecule has 0 bridgehead atoms. The predicted octanol–water partition coefficient (Wildman–Crippen LogP) is 2.14. The van der Waals surface area contributed by atoms with Crippen LogP contribution < -0.4 is 5.73 Å². The van der Waals surface area contributed by atoms with Gasteiger partial charge in [0.25, 0.3) is 0 Å². The van der Waals surface area contributed by atoms with Gasteiger partial charge in [0.2, 0.25) is 5.95 Å². The van der Waals surface area contributed by atoms with E-state index in [1.807, 2.05) is 6.07 Å². The number of aromatic nitrogens is 3. The summed E-state index contributed by atoms with van der Waals surface area (Å²) in [5.74, 6) is 1.42. The number of nitrogens with zero attached hydrogens (tertiary/aromatic N) is 3. The Balaban J connectivity index is 2.51. The first-order valence-corrected chi connectivity index (χ1v) is 5.08. The van der Waals surface area contributed by atoms with E-state index in [-0.39, 0.29) is 5.95 Å². The van der Waals surface area contributed by atoms with Crippen molar-refractivity contribution in [3.63, 3.8) is 0 Å². The molecule has 2 heterocycles. The van der Waals surface area contributed by atoms with Gasteiger partial charge in [0.05, 0.1) is 9.21 Å². The number of hydrogen-bond donors (Lipinski definition) is 1. The van der Waals surface area contributed by atoms with Gasteiger partial charge in [0.15, 0.2) is 5.82 Å². The van der Waals surface area contributed by atoms with Crippen LogP contribution in [-0.2, 0) is 0 Å². The van der Waals surface area contributed by atoms with Gasteiger partial charge in [0, 0.05) is 0 Å². The summed E-state index contributed by atoms with van der Waals surface area (Å²) in [5.41, 5.74) is 5.51. The third-order valence-electron chi connectivity index (χ3n) is 1.56. The number of hydrogen-bond acceptors (Lipinski definition) is 5. The van der Waals surface area contributed by atoms with Crippen molar-refractivity contribution in [2.24, 2.45) is 0 Å². The highest BCUT2D eigenvalue weighted by Gasteiger charge is 2.06. The Morgan fingerprint density at radius 2 is 2.07 bits per heavy atom. The van der Waals surface area contributed by atoms with Gasteiger partial charge in [-0.15, -0.1) is 11.3 Å². The maximum Gasteiger partial charge on any atom is 0.223 e. The molecule has 4 nitrogen and oxygen atoms in total. The van der Waals surface area contributed by atoms with Crippen LogP contribution in [0.1, 0.15) is 5.82 Å². The number of halogens is 1. The molecule has 0 spiro atoms. The van der Waals surface area contributed by atoms with Crippen LogP contribution in [-0.4, -0.2) is 15.0 Å². The molecule has 72 valence electrons. The summed E-state index contributed by atoms with van der Waals surface area (Å²) < 4.78 is 0.705. The van der Waals surface area contributed by atoms with E-state index in [0.717, 1.165) is 4.88 Å². The molecule has 2 rings (SSSR count). The number of nitrogen functional groups attached to an aromatic ring is 1. The summed E-state index contributed by atoms with van der Waals surface area (Å²) in [7, 11) is 0. The Labute approximate surface area is 89.8 Å². The zero-order valence-corrected chi connectivity index (χ0v) is 8.93. The van der Waals surface area contributed by atoms with Gasteiger partial charge < -0.3 is 5.73 Å². The van der Waals surface area contributed by atoms with E-state index in [0.29, 0.717) is 16.0 Å². The molecule has 0 saturated carbocycles. The van der Waals surface area contributed by atoms with Crippen LogP contribution in [0.4, 0.5) is 5.95 Å². The molecule has 0 radical (unpaired) electrons. The Morgan fingerprint density at radius 3 is 2.64 bits per heavy atom. The molecule has 14 heavy (non-hydrogen) atoms. The van der Waals surface area contributed by atoms with Crippen LogP contribution in [0, 0.1) is 6.92 Å². The lowest BCUT2D eigenvalue weighted by Gasteiger charge is -1.98. The molecule has 2 aromatic rings. The smallest absolute Gasteiger partial charge is 0.223 e. The van der Waals surface area contributed by atoms with Crippen molar-refractivity contribution >= 4 is 28.9 Å². The SMILES string of the molecule is Cc1nc(N)nc(-c2ccc(Cl)s2)n1. The van der Waals surface area contributed by atoms with Gasteiger partial charge in [-0.3, -0.25) is 0 Å². The Morgan fingerprint density at radius 1 is 1.29 bits per heavy atom. The lowest BCUT2D eigenvalue weighted by Crippen LogP contribution is -2.00. The van der Waals surface area contributed by atoms with Gasteiger partial charge in [-0.05, 0) is 19.1 Å². The average molecular weight is 227 g/mol. The third kappa shape index (κ3) is 1.83. The average Bonchev–Trinajstić information content (AvgIpc) is 2.50. The molecule has 0 aliphatic carbocycles. The Kier molecular flexibility index (Phi) is 2.35. The monoisotopic (exact) mass is 226 g/mol. The van der Waals surface area contributed by atoms with Gasteiger partial charge in [-0.1, -0.05) is 11.6 Å². The van der Waals surface area contributed by atoms with Crippen LogP contribution in [0.3, 0.4) is 0 Å². The first-order chi connectivity index (χ1) is 6.65. The maximum absolute atomic E-state index is 5.81. The van der Waals surface area contributed by atoms with Gasteiger partial charge in [-0.25, -0.2) is 4.98 Å². The molecule has 0 aromatic carbocycles. The number of rotatable bonds is 1. The molecule has 0 saturated heterocycles. The highest BCUT2D eigenvalue weighted by Crippen LogP contribution is 2.28. The molecule has 2 N–H and O–H groups in total. The van der Waals surface area contributed by atoms with Crippen LogP contribution >= 0.6 is 22.9 Å². The molecule has 6 heteroatoms. The Hall–Kier alpha value is -1.20. The van der Waals surface area contributed by atoms with Crippen LogP contribution in [0.2, 0.25) is 4.34 Å². The Bertz CT molecular complexity index is 448. The minimum atomic E-state index is 0.233. The van der Waals surface area contributed by atoms with Gasteiger partial charge in [0.1, 0.15) is 5.82 Å². The fourth-order valence-corrected chi connectivity index (χ4v) is 2.02. The third-order valence-corrected chi connectivity index (χ3v) is 2.79. The van der Waals surface area contributed by atoms with Crippen molar-refractivity contribution in [1.29, 1.82) is 0 Å². The molecule has 0 aliphatic rings. The van der Waals surface area contributed by atoms with Crippen LogP contribution in [0.15, 0.2) is 12.1 Å². The van der Waals surface area contributed by atoms with Gasteiger partial charge in [-0.2, -0.15) is 9.97 Å². The van der Waals surface area contributed by atoms with Crippen molar-refractivity contribution in [3.8, 4) is 10.7 Å². The van der Waals surface area contributed by atoms with Crippen molar-refractivity contribution in [2.75, 3.05) is 5.73 Å². The quantitative estimate of drug-likeness (QED) is 0.809. The van der Waals surface area contributed by atoms with Crippen molar-refractivity contribution in [1.82, 2.24) is 15.0 Å². The van der Waals surface area contributed by atoms with E-state index < -0.39 is 0 Å². The van der Waals surface area contributed by atoms with E-state index >= 15 is 0 Å². The van der Waals surface area contributed by atoms with E-state index in [1.54, 1.807) is 13.0 Å². The second-order valence-corrected chi connectivity index (χ2v) is 4.38. The predicted molar refractivity (Wildman–Crippen MR) is 57.3 cm³/mol. The topological polar surface area (TPSA) is 64.7 Å². The van der Waals surface area contributed by atoms with Crippen molar-refractivity contribution in [2.45, 2.75) is 6.92 Å². The summed E-state index contributed by atoms with van der Waals surface area (Å²) in [6.45, 7) is 1.77.